The van der Waals surface area contributed by atoms with Crippen LogP contribution in [-0.2, 0) is 25.5 Å². The third-order valence-corrected chi connectivity index (χ3v) is 7.40. The third kappa shape index (κ3) is 10.7. The molecule has 0 aliphatic heterocycles. The van der Waals surface area contributed by atoms with Gasteiger partial charge in [-0.3, -0.25) is 14.6 Å². The number of carbonyl (C=O) groups is 3. The predicted octanol–water partition coefficient (Wildman–Crippen LogP) is 7.60. The lowest BCUT2D eigenvalue weighted by Crippen LogP contribution is -2.27. The summed E-state index contributed by atoms with van der Waals surface area (Å²) in [5.74, 6) is -1.81. The molecule has 0 spiro atoms. The second-order valence-electron chi connectivity index (χ2n) is 11.7. The molecule has 0 saturated heterocycles. The number of nitrogens with zero attached hydrogens (tertiary/aromatic N) is 1. The lowest BCUT2D eigenvalue weighted by atomic mass is 10.0. The van der Waals surface area contributed by atoms with Gasteiger partial charge in [-0.2, -0.15) is 8.78 Å². The van der Waals surface area contributed by atoms with Crippen LogP contribution in [0.2, 0.25) is 10.0 Å². The lowest BCUT2D eigenvalue weighted by molar-refractivity contribution is -0.155. The van der Waals surface area contributed by atoms with Gasteiger partial charge in [-0.1, -0.05) is 29.3 Å². The van der Waals surface area contributed by atoms with Crippen molar-refractivity contribution in [1.82, 2.24) is 4.98 Å². The van der Waals surface area contributed by atoms with Crippen LogP contribution in [-0.4, -0.2) is 48.8 Å². The average molecular weight is 696 g/mol. The molecule has 252 valence electrons. The van der Waals surface area contributed by atoms with Gasteiger partial charge in [0.25, 0.3) is 0 Å². The third-order valence-electron chi connectivity index (χ3n) is 6.75. The van der Waals surface area contributed by atoms with E-state index < -0.39 is 42.6 Å². The first-order valence-corrected chi connectivity index (χ1v) is 15.4. The minimum absolute atomic E-state index is 0.0152. The molecule has 14 heteroatoms. The van der Waals surface area contributed by atoms with Crippen molar-refractivity contribution in [3.05, 3.63) is 75.5 Å². The number of ether oxygens (including phenoxy) is 5. The fourth-order valence-corrected chi connectivity index (χ4v) is 4.92. The van der Waals surface area contributed by atoms with Crippen molar-refractivity contribution in [2.75, 3.05) is 19.0 Å². The van der Waals surface area contributed by atoms with E-state index in [4.69, 9.17) is 42.1 Å². The summed E-state index contributed by atoms with van der Waals surface area (Å²) in [5, 5.41) is 3.01. The molecule has 1 aliphatic carbocycles. The number of rotatable bonds is 14. The molecule has 1 heterocycles. The van der Waals surface area contributed by atoms with Crippen molar-refractivity contribution in [2.45, 2.75) is 64.8 Å². The number of anilines is 1. The van der Waals surface area contributed by atoms with Gasteiger partial charge < -0.3 is 29.0 Å². The Bertz CT molecular complexity index is 1590. The zero-order valence-electron chi connectivity index (χ0n) is 26.1. The zero-order chi connectivity index (χ0) is 34.3. The van der Waals surface area contributed by atoms with Crippen molar-refractivity contribution in [3.8, 4) is 17.2 Å². The van der Waals surface area contributed by atoms with E-state index in [-0.39, 0.29) is 45.0 Å². The number of halogens is 4. The minimum Gasteiger partial charge on any atom is -0.495 e. The number of methoxy groups -OCH3 is 1. The molecule has 3 aromatic rings. The zero-order valence-corrected chi connectivity index (χ0v) is 27.6. The van der Waals surface area contributed by atoms with Crippen molar-refractivity contribution < 1.29 is 46.8 Å². The predicted molar refractivity (Wildman–Crippen MR) is 169 cm³/mol. The Kier molecular flexibility index (Phi) is 11.9. The molecule has 4 rings (SSSR count). The van der Waals surface area contributed by atoms with Gasteiger partial charge in [0.15, 0.2) is 11.5 Å². The molecule has 1 aromatic heterocycles. The van der Waals surface area contributed by atoms with Crippen LogP contribution >= 0.6 is 23.2 Å². The molecule has 10 nitrogen and oxygen atoms in total. The summed E-state index contributed by atoms with van der Waals surface area (Å²) >= 11 is 12.8. The van der Waals surface area contributed by atoms with Gasteiger partial charge in [-0.15, -0.1) is 0 Å². The summed E-state index contributed by atoms with van der Waals surface area (Å²) in [6, 6.07) is 8.47. The van der Waals surface area contributed by atoms with Crippen LogP contribution in [0, 0.1) is 5.92 Å². The Labute approximate surface area is 280 Å². The average Bonchev–Trinajstić information content (AvgIpc) is 3.81. The molecular weight excluding hydrogens is 661 g/mol. The van der Waals surface area contributed by atoms with E-state index in [1.54, 1.807) is 20.8 Å². The van der Waals surface area contributed by atoms with Gasteiger partial charge in [0.2, 0.25) is 5.91 Å². The summed E-state index contributed by atoms with van der Waals surface area (Å²) in [6.07, 6.45) is 3.09. The fourth-order valence-electron chi connectivity index (χ4n) is 4.40. The van der Waals surface area contributed by atoms with Crippen LogP contribution in [0.4, 0.5) is 14.5 Å². The highest BCUT2D eigenvalue weighted by Crippen LogP contribution is 2.38. The Hall–Kier alpha value is -4.16. The molecule has 2 aromatic carbocycles. The van der Waals surface area contributed by atoms with Crippen molar-refractivity contribution in [3.63, 3.8) is 0 Å². The molecule has 0 radical (unpaired) electrons. The van der Waals surface area contributed by atoms with Crippen molar-refractivity contribution in [2.24, 2.45) is 5.92 Å². The van der Waals surface area contributed by atoms with E-state index in [0.717, 1.165) is 12.8 Å². The maximum atomic E-state index is 13.6. The van der Waals surface area contributed by atoms with E-state index >= 15 is 0 Å². The monoisotopic (exact) mass is 694 g/mol. The maximum Gasteiger partial charge on any atom is 0.387 e. The number of hydrogen-bond acceptors (Lipinski definition) is 9. The number of benzene rings is 2. The van der Waals surface area contributed by atoms with Crippen molar-refractivity contribution in [1.29, 1.82) is 0 Å². The van der Waals surface area contributed by atoms with Gasteiger partial charge in [0.1, 0.15) is 23.9 Å². The summed E-state index contributed by atoms with van der Waals surface area (Å²) in [7, 11) is 1.37. The molecular formula is C33H34Cl2F2N2O8. The van der Waals surface area contributed by atoms with Crippen LogP contribution in [0.25, 0.3) is 0 Å². The highest BCUT2D eigenvalue weighted by Gasteiger charge is 2.27. The summed E-state index contributed by atoms with van der Waals surface area (Å²) in [4.78, 5) is 42.3. The molecule has 0 unspecified atom stereocenters. The largest absolute Gasteiger partial charge is 0.495 e. The van der Waals surface area contributed by atoms with Crippen molar-refractivity contribution >= 4 is 46.7 Å². The molecule has 1 fully saturated rings. The lowest BCUT2D eigenvalue weighted by Gasteiger charge is -2.22. The van der Waals surface area contributed by atoms with Gasteiger partial charge in [-0.05, 0) is 81.0 Å². The molecule has 47 heavy (non-hydrogen) atoms. The highest BCUT2D eigenvalue weighted by molar-refractivity contribution is 6.35. The van der Waals surface area contributed by atoms with Crippen LogP contribution in [0.15, 0.2) is 48.8 Å². The normalized spacial score (nSPS) is 13.5. The second-order valence-corrected chi connectivity index (χ2v) is 12.6. The van der Waals surface area contributed by atoms with Gasteiger partial charge in [-0.25, -0.2) is 4.79 Å². The quantitative estimate of drug-likeness (QED) is 0.134. The first-order chi connectivity index (χ1) is 22.2. The van der Waals surface area contributed by atoms with E-state index in [2.05, 4.69) is 15.0 Å². The van der Waals surface area contributed by atoms with Crippen LogP contribution in [0.5, 0.6) is 17.2 Å². The number of nitrogens with one attached hydrogen (secondary N) is 1. The van der Waals surface area contributed by atoms with E-state index in [0.29, 0.717) is 23.7 Å². The number of aromatic nitrogens is 1. The summed E-state index contributed by atoms with van der Waals surface area (Å²) in [6.45, 7) is 2.26. The number of esters is 2. The van der Waals surface area contributed by atoms with Gasteiger partial charge >= 0.3 is 18.6 Å². The number of pyridine rings is 1. The number of alkyl halides is 2. The fraction of sp³-hybridized carbons (Fsp3) is 0.394. The number of hydrogen-bond donors (Lipinski definition) is 1. The second kappa shape index (κ2) is 15.6. The smallest absolute Gasteiger partial charge is 0.387 e. The maximum absolute atomic E-state index is 13.6. The molecule has 1 saturated carbocycles. The van der Waals surface area contributed by atoms with E-state index in [1.807, 2.05) is 0 Å². The Morgan fingerprint density at radius 2 is 1.68 bits per heavy atom. The molecule has 1 atom stereocenters. The van der Waals surface area contributed by atoms with Gasteiger partial charge in [0.05, 0.1) is 35.0 Å². The Morgan fingerprint density at radius 3 is 2.30 bits per heavy atom. The summed E-state index contributed by atoms with van der Waals surface area (Å²) in [5.41, 5.74) is 0.170. The number of amides is 1. The van der Waals surface area contributed by atoms with Crippen LogP contribution in [0.1, 0.15) is 67.6 Å². The van der Waals surface area contributed by atoms with E-state index in [9.17, 15) is 23.2 Å². The SMILES string of the molecule is COc1ccc(C(=O)O[C@@H](Cc2c(Cl)cncc2Cl)c2ccc(OC(F)F)c(OCC3CC3)c2)cc1NC(=O)CC(=O)OC(C)(C)C. The minimum atomic E-state index is -3.08. The molecule has 0 bridgehead atoms. The Morgan fingerprint density at radius 1 is 1.00 bits per heavy atom. The first kappa shape index (κ1) is 35.7. The highest BCUT2D eigenvalue weighted by atomic mass is 35.5. The number of carbonyl (C=O) groups excluding carboxylic acids is 3. The van der Waals surface area contributed by atoms with Gasteiger partial charge in [0, 0.05) is 18.8 Å². The first-order valence-electron chi connectivity index (χ1n) is 14.6. The standard InChI is InChI=1S/C33H34Cl2F2N2O8/c1-33(2,3)47-30(41)14-29(40)39-24-11-20(8-9-25(24)43-4)31(42)45-27(13-21-22(34)15-38-16-23(21)35)19-7-10-26(46-32(36)37)28(12-19)44-17-18-5-6-18/h7-12,15-16,18,27,32H,5-6,13-14,17H2,1-4H3,(H,39,40)/t27-/m0/s1. The van der Waals surface area contributed by atoms with Crippen LogP contribution < -0.4 is 19.5 Å². The molecule has 1 aliphatic rings. The molecule has 1 N–H and O–H groups in total. The topological polar surface area (TPSA) is 122 Å². The summed E-state index contributed by atoms with van der Waals surface area (Å²) < 4.78 is 53.3. The van der Waals surface area contributed by atoms with E-state index in [1.165, 1.54) is 55.9 Å². The Balaban J connectivity index is 1.63. The van der Waals surface area contributed by atoms with Crippen LogP contribution in [0.3, 0.4) is 0 Å². The molecule has 1 amide bonds.